The van der Waals surface area contributed by atoms with Gasteiger partial charge in [0, 0.05) is 13.1 Å². The van der Waals surface area contributed by atoms with Crippen molar-refractivity contribution in [2.45, 2.75) is 32.3 Å². The molecule has 6 heteroatoms. The Labute approximate surface area is 107 Å². The van der Waals surface area contributed by atoms with E-state index in [1.807, 2.05) is 18.7 Å². The van der Waals surface area contributed by atoms with Gasteiger partial charge in [0.15, 0.2) is 5.82 Å². The Kier molecular flexibility index (Phi) is 3.56. The molecule has 18 heavy (non-hydrogen) atoms. The Morgan fingerprint density at radius 3 is 3.00 bits per heavy atom. The van der Waals surface area contributed by atoms with Gasteiger partial charge in [0.05, 0.1) is 12.2 Å². The summed E-state index contributed by atoms with van der Waals surface area (Å²) in [6.07, 6.45) is 3.16. The molecule has 0 amide bonds. The number of nitrogens with zero attached hydrogens (tertiary/aromatic N) is 3. The maximum atomic E-state index is 10.1. The lowest BCUT2D eigenvalue weighted by Crippen LogP contribution is -2.46. The second-order valence-corrected chi connectivity index (χ2v) is 4.87. The number of anilines is 2. The molecule has 1 unspecified atom stereocenters. The van der Waals surface area contributed by atoms with Gasteiger partial charge >= 0.3 is 0 Å². The lowest BCUT2D eigenvalue weighted by Gasteiger charge is -2.37. The highest BCUT2D eigenvalue weighted by Gasteiger charge is 2.30. The summed E-state index contributed by atoms with van der Waals surface area (Å²) in [5.41, 5.74) is 5.76. The first-order valence-electron chi connectivity index (χ1n) is 6.24. The van der Waals surface area contributed by atoms with E-state index in [9.17, 15) is 5.11 Å². The summed E-state index contributed by atoms with van der Waals surface area (Å²) in [5, 5.41) is 10.1. The Balaban J connectivity index is 2.25. The van der Waals surface area contributed by atoms with Crippen LogP contribution in [0, 0.1) is 0 Å². The molecular weight excluding hydrogens is 232 g/mol. The van der Waals surface area contributed by atoms with Crippen LogP contribution in [0.2, 0.25) is 0 Å². The summed E-state index contributed by atoms with van der Waals surface area (Å²) in [4.78, 5) is 10.2. The van der Waals surface area contributed by atoms with Gasteiger partial charge in [0.2, 0.25) is 5.88 Å². The van der Waals surface area contributed by atoms with Gasteiger partial charge in [0.25, 0.3) is 0 Å². The summed E-state index contributed by atoms with van der Waals surface area (Å²) >= 11 is 0. The predicted molar refractivity (Wildman–Crippen MR) is 69.7 cm³/mol. The van der Waals surface area contributed by atoms with Gasteiger partial charge in [-0.15, -0.1) is 0 Å². The highest BCUT2D eigenvalue weighted by atomic mass is 16.5. The van der Waals surface area contributed by atoms with E-state index in [0.29, 0.717) is 30.5 Å². The summed E-state index contributed by atoms with van der Waals surface area (Å²) < 4.78 is 5.35. The Bertz CT molecular complexity index is 423. The van der Waals surface area contributed by atoms with E-state index in [1.165, 1.54) is 6.33 Å². The van der Waals surface area contributed by atoms with Gasteiger partial charge in [-0.1, -0.05) is 0 Å². The van der Waals surface area contributed by atoms with E-state index in [4.69, 9.17) is 10.5 Å². The SMILES string of the molecule is CCOc1ncnc(N2CCCC(C)(O)C2)c1N. The van der Waals surface area contributed by atoms with Gasteiger partial charge in [-0.05, 0) is 26.7 Å². The zero-order valence-corrected chi connectivity index (χ0v) is 10.9. The third-order valence-corrected chi connectivity index (χ3v) is 3.08. The maximum absolute atomic E-state index is 10.1. The number of aliphatic hydroxyl groups is 1. The van der Waals surface area contributed by atoms with Crippen molar-refractivity contribution < 1.29 is 9.84 Å². The second kappa shape index (κ2) is 4.97. The fourth-order valence-electron chi connectivity index (χ4n) is 2.28. The molecule has 0 bridgehead atoms. The zero-order chi connectivity index (χ0) is 13.2. The van der Waals surface area contributed by atoms with Gasteiger partial charge in [-0.25, -0.2) is 4.98 Å². The van der Waals surface area contributed by atoms with E-state index in [1.54, 1.807) is 0 Å². The number of piperidine rings is 1. The Hall–Kier alpha value is -1.56. The van der Waals surface area contributed by atoms with Crippen molar-refractivity contribution in [2.24, 2.45) is 0 Å². The van der Waals surface area contributed by atoms with Crippen LogP contribution >= 0.6 is 0 Å². The molecule has 0 aliphatic carbocycles. The largest absolute Gasteiger partial charge is 0.476 e. The lowest BCUT2D eigenvalue weighted by molar-refractivity contribution is 0.0447. The van der Waals surface area contributed by atoms with Gasteiger partial charge < -0.3 is 20.5 Å². The molecule has 0 aromatic carbocycles. The summed E-state index contributed by atoms with van der Waals surface area (Å²) in [6.45, 7) is 5.59. The average Bonchev–Trinajstić information content (AvgIpc) is 2.31. The second-order valence-electron chi connectivity index (χ2n) is 4.87. The molecule has 2 heterocycles. The van der Waals surface area contributed by atoms with Crippen molar-refractivity contribution in [3.05, 3.63) is 6.33 Å². The van der Waals surface area contributed by atoms with Crippen molar-refractivity contribution in [3.8, 4) is 5.88 Å². The van der Waals surface area contributed by atoms with Gasteiger partial charge in [-0.3, -0.25) is 0 Å². The molecule has 1 aliphatic rings. The van der Waals surface area contributed by atoms with Crippen molar-refractivity contribution in [2.75, 3.05) is 30.3 Å². The quantitative estimate of drug-likeness (QED) is 0.828. The minimum atomic E-state index is -0.693. The third kappa shape index (κ3) is 2.64. The molecule has 2 rings (SSSR count). The number of nitrogens with two attached hydrogens (primary N) is 1. The molecule has 0 spiro atoms. The van der Waals surface area contributed by atoms with Crippen LogP contribution in [0.4, 0.5) is 11.5 Å². The van der Waals surface area contributed by atoms with Crippen LogP contribution in [0.3, 0.4) is 0 Å². The topological polar surface area (TPSA) is 84.5 Å². The molecule has 0 radical (unpaired) electrons. The molecular formula is C12H20N4O2. The fourth-order valence-corrected chi connectivity index (χ4v) is 2.28. The normalized spacial score (nSPS) is 24.1. The number of β-amino-alcohol motifs (C(OH)–C–C–N with tert-alkyl or cyclic N) is 1. The van der Waals surface area contributed by atoms with Crippen molar-refractivity contribution in [3.63, 3.8) is 0 Å². The van der Waals surface area contributed by atoms with Crippen molar-refractivity contribution in [1.82, 2.24) is 9.97 Å². The lowest BCUT2D eigenvalue weighted by atomic mass is 9.95. The summed E-state index contributed by atoms with van der Waals surface area (Å²) in [6, 6.07) is 0. The molecule has 3 N–H and O–H groups in total. The Morgan fingerprint density at radius 2 is 2.33 bits per heavy atom. The summed E-state index contributed by atoms with van der Waals surface area (Å²) in [7, 11) is 0. The number of rotatable bonds is 3. The number of hydrogen-bond donors (Lipinski definition) is 2. The van der Waals surface area contributed by atoms with E-state index in [2.05, 4.69) is 9.97 Å². The molecule has 100 valence electrons. The van der Waals surface area contributed by atoms with E-state index in [-0.39, 0.29) is 0 Å². The van der Waals surface area contributed by atoms with Crippen LogP contribution in [-0.4, -0.2) is 40.4 Å². The average molecular weight is 252 g/mol. The third-order valence-electron chi connectivity index (χ3n) is 3.08. The van der Waals surface area contributed by atoms with E-state index in [0.717, 1.165) is 19.4 Å². The Morgan fingerprint density at radius 1 is 1.56 bits per heavy atom. The summed E-state index contributed by atoms with van der Waals surface area (Å²) in [5.74, 6) is 1.06. The minimum Gasteiger partial charge on any atom is -0.476 e. The molecule has 0 saturated carbocycles. The minimum absolute atomic E-state index is 0.410. The number of nitrogen functional groups attached to an aromatic ring is 1. The highest BCUT2D eigenvalue weighted by Crippen LogP contribution is 2.31. The van der Waals surface area contributed by atoms with Crippen LogP contribution in [0.5, 0.6) is 5.88 Å². The van der Waals surface area contributed by atoms with Crippen molar-refractivity contribution in [1.29, 1.82) is 0 Å². The van der Waals surface area contributed by atoms with Crippen molar-refractivity contribution >= 4 is 11.5 Å². The molecule has 1 aromatic heterocycles. The number of ether oxygens (including phenoxy) is 1. The number of hydrogen-bond acceptors (Lipinski definition) is 6. The predicted octanol–water partition coefficient (Wildman–Crippen LogP) is 0.809. The van der Waals surface area contributed by atoms with Crippen LogP contribution in [0.15, 0.2) is 6.33 Å². The first-order chi connectivity index (χ1) is 8.53. The molecule has 6 nitrogen and oxygen atoms in total. The maximum Gasteiger partial charge on any atom is 0.242 e. The molecule has 1 atom stereocenters. The smallest absolute Gasteiger partial charge is 0.242 e. The van der Waals surface area contributed by atoms with Gasteiger partial charge in [0.1, 0.15) is 12.0 Å². The molecule has 1 aliphatic heterocycles. The van der Waals surface area contributed by atoms with E-state index < -0.39 is 5.60 Å². The first-order valence-corrected chi connectivity index (χ1v) is 6.24. The zero-order valence-electron chi connectivity index (χ0n) is 10.9. The molecule has 1 saturated heterocycles. The standard InChI is InChI=1S/C12H20N4O2/c1-3-18-11-9(13)10(14-8-15-11)16-6-4-5-12(2,17)7-16/h8,17H,3-7,13H2,1-2H3. The van der Waals surface area contributed by atoms with E-state index >= 15 is 0 Å². The highest BCUT2D eigenvalue weighted by molar-refractivity contribution is 5.68. The number of aromatic nitrogens is 2. The van der Waals surface area contributed by atoms with Crippen LogP contribution in [0.1, 0.15) is 26.7 Å². The molecule has 1 aromatic rings. The molecule has 1 fully saturated rings. The fraction of sp³-hybridized carbons (Fsp3) is 0.667. The van der Waals surface area contributed by atoms with Crippen LogP contribution < -0.4 is 15.4 Å². The van der Waals surface area contributed by atoms with Crippen LogP contribution in [0.25, 0.3) is 0 Å². The first kappa shape index (κ1) is 12.9. The van der Waals surface area contributed by atoms with Gasteiger partial charge in [-0.2, -0.15) is 4.98 Å². The van der Waals surface area contributed by atoms with Crippen LogP contribution in [-0.2, 0) is 0 Å². The monoisotopic (exact) mass is 252 g/mol.